The first-order valence-corrected chi connectivity index (χ1v) is 9.73. The quantitative estimate of drug-likeness (QED) is 0.581. The standard InChI is InChI=1S/C23H24N2O5/c1-5-29-19-8-7-16(13-20(19)30-6-2)12-18-21(26)24-23(28)25(22(18)27)17-10-14(3)9-15(4)11-17/h7-13H,5-6H2,1-4H3,(H,24,26,28)/b18-12+. The van der Waals surface area contributed by atoms with Crippen molar-refractivity contribution < 1.29 is 23.9 Å². The van der Waals surface area contributed by atoms with Crippen molar-refractivity contribution in [3.05, 3.63) is 58.7 Å². The smallest absolute Gasteiger partial charge is 0.335 e. The summed E-state index contributed by atoms with van der Waals surface area (Å²) >= 11 is 0. The highest BCUT2D eigenvalue weighted by molar-refractivity contribution is 6.39. The van der Waals surface area contributed by atoms with Gasteiger partial charge in [-0.3, -0.25) is 14.9 Å². The van der Waals surface area contributed by atoms with E-state index < -0.39 is 17.8 Å². The molecular formula is C23H24N2O5. The fourth-order valence-corrected chi connectivity index (χ4v) is 3.30. The van der Waals surface area contributed by atoms with E-state index in [1.54, 1.807) is 30.3 Å². The summed E-state index contributed by atoms with van der Waals surface area (Å²) in [6, 6.07) is 9.75. The molecular weight excluding hydrogens is 384 g/mol. The van der Waals surface area contributed by atoms with Crippen LogP contribution in [0.1, 0.15) is 30.5 Å². The Bertz CT molecular complexity index is 1020. The van der Waals surface area contributed by atoms with Crippen LogP contribution in [0.3, 0.4) is 0 Å². The molecule has 0 aromatic heterocycles. The molecule has 0 aliphatic carbocycles. The van der Waals surface area contributed by atoms with Gasteiger partial charge in [-0.15, -0.1) is 0 Å². The number of carbonyl (C=O) groups excluding carboxylic acids is 3. The van der Waals surface area contributed by atoms with Gasteiger partial charge >= 0.3 is 6.03 Å². The Hall–Kier alpha value is -3.61. The van der Waals surface area contributed by atoms with Crippen LogP contribution in [0.25, 0.3) is 6.08 Å². The lowest BCUT2D eigenvalue weighted by Crippen LogP contribution is -2.54. The second-order valence-corrected chi connectivity index (χ2v) is 6.88. The number of carbonyl (C=O) groups is 3. The van der Waals surface area contributed by atoms with Crippen LogP contribution in [-0.2, 0) is 9.59 Å². The number of ether oxygens (including phenoxy) is 2. The number of anilines is 1. The number of nitrogens with zero attached hydrogens (tertiary/aromatic N) is 1. The third-order valence-corrected chi connectivity index (χ3v) is 4.44. The van der Waals surface area contributed by atoms with Crippen LogP contribution in [0.5, 0.6) is 11.5 Å². The number of imide groups is 2. The van der Waals surface area contributed by atoms with Crippen LogP contribution in [-0.4, -0.2) is 31.1 Å². The van der Waals surface area contributed by atoms with Crippen molar-refractivity contribution in [2.45, 2.75) is 27.7 Å². The average Bonchev–Trinajstić information content (AvgIpc) is 2.66. The molecule has 3 rings (SSSR count). The van der Waals surface area contributed by atoms with Gasteiger partial charge in [0.1, 0.15) is 5.57 Å². The zero-order valence-corrected chi connectivity index (χ0v) is 17.4. The summed E-state index contributed by atoms with van der Waals surface area (Å²) in [5.41, 5.74) is 2.66. The van der Waals surface area contributed by atoms with Gasteiger partial charge in [0.05, 0.1) is 18.9 Å². The van der Waals surface area contributed by atoms with E-state index in [2.05, 4.69) is 5.32 Å². The molecule has 1 saturated heterocycles. The van der Waals surface area contributed by atoms with E-state index in [9.17, 15) is 14.4 Å². The Balaban J connectivity index is 2.01. The highest BCUT2D eigenvalue weighted by atomic mass is 16.5. The minimum atomic E-state index is -0.770. The molecule has 2 aromatic rings. The van der Waals surface area contributed by atoms with Crippen molar-refractivity contribution in [1.82, 2.24) is 5.32 Å². The van der Waals surface area contributed by atoms with Crippen LogP contribution in [0.2, 0.25) is 0 Å². The van der Waals surface area contributed by atoms with Crippen LogP contribution < -0.4 is 19.7 Å². The summed E-state index contributed by atoms with van der Waals surface area (Å²) in [5.74, 6) is -0.328. The van der Waals surface area contributed by atoms with E-state index in [4.69, 9.17) is 9.47 Å². The molecule has 4 amide bonds. The largest absolute Gasteiger partial charge is 0.490 e. The average molecular weight is 408 g/mol. The SMILES string of the molecule is CCOc1ccc(/C=C2\C(=O)NC(=O)N(c3cc(C)cc(C)c3)C2=O)cc1OCC. The van der Waals surface area contributed by atoms with Gasteiger partial charge in [-0.2, -0.15) is 0 Å². The first-order chi connectivity index (χ1) is 14.3. The molecule has 1 heterocycles. The summed E-state index contributed by atoms with van der Waals surface area (Å²) in [6.45, 7) is 8.39. The van der Waals surface area contributed by atoms with Crippen molar-refractivity contribution in [2.75, 3.05) is 18.1 Å². The van der Waals surface area contributed by atoms with Crippen LogP contribution in [0.4, 0.5) is 10.5 Å². The number of aryl methyl sites for hydroxylation is 2. The minimum absolute atomic E-state index is 0.139. The predicted molar refractivity (Wildman–Crippen MR) is 114 cm³/mol. The zero-order chi connectivity index (χ0) is 21.8. The molecule has 7 nitrogen and oxygen atoms in total. The monoisotopic (exact) mass is 408 g/mol. The number of benzene rings is 2. The molecule has 0 atom stereocenters. The summed E-state index contributed by atoms with van der Waals surface area (Å²) in [6.07, 6.45) is 1.44. The van der Waals surface area contributed by atoms with Crippen molar-refractivity contribution >= 4 is 29.6 Å². The lowest BCUT2D eigenvalue weighted by molar-refractivity contribution is -0.122. The first kappa shape index (κ1) is 21.1. The number of nitrogens with one attached hydrogen (secondary N) is 1. The van der Waals surface area contributed by atoms with E-state index in [0.717, 1.165) is 16.0 Å². The van der Waals surface area contributed by atoms with Gasteiger partial charge in [-0.25, -0.2) is 9.69 Å². The predicted octanol–water partition coefficient (Wildman–Crippen LogP) is 3.77. The van der Waals surface area contributed by atoms with Gasteiger partial charge < -0.3 is 9.47 Å². The Kier molecular flexibility index (Phi) is 6.20. The minimum Gasteiger partial charge on any atom is -0.490 e. The molecule has 2 aromatic carbocycles. The third kappa shape index (κ3) is 4.35. The summed E-state index contributed by atoms with van der Waals surface area (Å²) in [7, 11) is 0. The number of barbiturate groups is 1. The summed E-state index contributed by atoms with van der Waals surface area (Å²) in [5, 5.41) is 2.24. The van der Waals surface area contributed by atoms with E-state index >= 15 is 0 Å². The highest BCUT2D eigenvalue weighted by Gasteiger charge is 2.37. The molecule has 7 heteroatoms. The number of hydrogen-bond acceptors (Lipinski definition) is 5. The maximum atomic E-state index is 13.1. The highest BCUT2D eigenvalue weighted by Crippen LogP contribution is 2.30. The van der Waals surface area contributed by atoms with Gasteiger partial charge in [-0.05, 0) is 74.7 Å². The molecule has 1 aliphatic rings. The van der Waals surface area contributed by atoms with Crippen molar-refractivity contribution in [2.24, 2.45) is 0 Å². The van der Waals surface area contributed by atoms with Crippen LogP contribution >= 0.6 is 0 Å². The third-order valence-electron chi connectivity index (χ3n) is 4.44. The Morgan fingerprint density at radius 3 is 2.17 bits per heavy atom. The Morgan fingerprint density at radius 2 is 1.53 bits per heavy atom. The van der Waals surface area contributed by atoms with Crippen molar-refractivity contribution in [3.8, 4) is 11.5 Å². The maximum absolute atomic E-state index is 13.1. The molecule has 0 spiro atoms. The van der Waals surface area contributed by atoms with Crippen LogP contribution in [0.15, 0.2) is 42.0 Å². The number of urea groups is 1. The molecule has 1 aliphatic heterocycles. The fourth-order valence-electron chi connectivity index (χ4n) is 3.30. The molecule has 0 bridgehead atoms. The second-order valence-electron chi connectivity index (χ2n) is 6.88. The fraction of sp³-hybridized carbons (Fsp3) is 0.261. The first-order valence-electron chi connectivity index (χ1n) is 9.73. The van der Waals surface area contributed by atoms with Crippen LogP contribution in [0, 0.1) is 13.8 Å². The topological polar surface area (TPSA) is 84.9 Å². The summed E-state index contributed by atoms with van der Waals surface area (Å²) < 4.78 is 11.1. The van der Waals surface area contributed by atoms with Gasteiger partial charge in [0, 0.05) is 0 Å². The number of hydrogen-bond donors (Lipinski definition) is 1. The number of rotatable bonds is 6. The molecule has 0 radical (unpaired) electrons. The lowest BCUT2D eigenvalue weighted by Gasteiger charge is -2.27. The van der Waals surface area contributed by atoms with E-state index in [-0.39, 0.29) is 5.57 Å². The Labute approximate surface area is 175 Å². The van der Waals surface area contributed by atoms with Gasteiger partial charge in [0.25, 0.3) is 11.8 Å². The van der Waals surface area contributed by atoms with Gasteiger partial charge in [-0.1, -0.05) is 12.1 Å². The van der Waals surface area contributed by atoms with Gasteiger partial charge in [0.2, 0.25) is 0 Å². The van der Waals surface area contributed by atoms with Crippen molar-refractivity contribution in [1.29, 1.82) is 0 Å². The second kappa shape index (κ2) is 8.82. The molecule has 156 valence electrons. The molecule has 0 saturated carbocycles. The van der Waals surface area contributed by atoms with E-state index in [0.29, 0.717) is 36.0 Å². The number of amides is 4. The lowest BCUT2D eigenvalue weighted by atomic mass is 10.0. The van der Waals surface area contributed by atoms with E-state index in [1.165, 1.54) is 6.08 Å². The van der Waals surface area contributed by atoms with E-state index in [1.807, 2.05) is 33.8 Å². The molecule has 1 N–H and O–H groups in total. The Morgan fingerprint density at radius 1 is 0.900 bits per heavy atom. The van der Waals surface area contributed by atoms with Crippen molar-refractivity contribution in [3.63, 3.8) is 0 Å². The molecule has 0 unspecified atom stereocenters. The summed E-state index contributed by atoms with van der Waals surface area (Å²) in [4.78, 5) is 38.9. The normalized spacial score (nSPS) is 15.4. The van der Waals surface area contributed by atoms with Gasteiger partial charge in [0.15, 0.2) is 11.5 Å². The molecule has 1 fully saturated rings. The zero-order valence-electron chi connectivity index (χ0n) is 17.4. The maximum Gasteiger partial charge on any atom is 0.335 e. The molecule has 30 heavy (non-hydrogen) atoms.